The van der Waals surface area contributed by atoms with Gasteiger partial charge >= 0.3 is 11.9 Å². The Morgan fingerprint density at radius 2 is 1.93 bits per heavy atom. The average molecular weight is 415 g/mol. The van der Waals surface area contributed by atoms with Crippen molar-refractivity contribution in [1.29, 1.82) is 0 Å². The Bertz CT molecular complexity index is 833. The minimum absolute atomic E-state index is 0.00771. The molecule has 0 bridgehead atoms. The van der Waals surface area contributed by atoms with E-state index in [9.17, 15) is 9.59 Å². The Morgan fingerprint density at radius 1 is 1.10 bits per heavy atom. The van der Waals surface area contributed by atoms with Gasteiger partial charge in [0.2, 0.25) is 0 Å². The molecular formula is C25H34O5. The third kappa shape index (κ3) is 2.33. The second-order valence-electron chi connectivity index (χ2n) is 11.5. The van der Waals surface area contributed by atoms with Crippen molar-refractivity contribution in [2.45, 2.75) is 89.9 Å². The fourth-order valence-electron chi connectivity index (χ4n) is 9.14. The van der Waals surface area contributed by atoms with Crippen LogP contribution < -0.4 is 0 Å². The van der Waals surface area contributed by atoms with Crippen LogP contribution in [0.4, 0.5) is 0 Å². The highest BCUT2D eigenvalue weighted by Gasteiger charge is 2.80. The number of esters is 2. The standard InChI is InChI=1S/C25H34O5/c1-14(26)29-17-6-8-23(2)16(11-17)4-5-19-18(23)7-9-24(3)20(12-21-25(19,24)30-21)15-10-22(27)28-13-15/h10,16-21H,4-9,11-13H2,1-3H3/t16-,17+,18?,19?,20-,21-,23+,24-,25-/m1/s1. The van der Waals surface area contributed by atoms with Gasteiger partial charge in [0.15, 0.2) is 0 Å². The van der Waals surface area contributed by atoms with Crippen molar-refractivity contribution in [1.82, 2.24) is 0 Å². The Kier molecular flexibility index (Phi) is 3.94. The first-order chi connectivity index (χ1) is 14.3. The van der Waals surface area contributed by atoms with E-state index in [4.69, 9.17) is 14.2 Å². The lowest BCUT2D eigenvalue weighted by Gasteiger charge is -2.61. The molecule has 0 N–H and O–H groups in total. The van der Waals surface area contributed by atoms with Crippen LogP contribution in [0, 0.1) is 34.5 Å². The molecule has 5 heteroatoms. The van der Waals surface area contributed by atoms with Gasteiger partial charge in [-0.15, -0.1) is 0 Å². The fourth-order valence-corrected chi connectivity index (χ4v) is 9.14. The molecule has 2 unspecified atom stereocenters. The van der Waals surface area contributed by atoms with E-state index in [2.05, 4.69) is 13.8 Å². The summed E-state index contributed by atoms with van der Waals surface area (Å²) in [6, 6.07) is 0. The van der Waals surface area contributed by atoms with Gasteiger partial charge in [-0.3, -0.25) is 4.79 Å². The van der Waals surface area contributed by atoms with Crippen LogP contribution in [0.2, 0.25) is 0 Å². The zero-order valence-electron chi connectivity index (χ0n) is 18.4. The summed E-state index contributed by atoms with van der Waals surface area (Å²) in [6.07, 6.45) is 11.3. The molecule has 2 aliphatic heterocycles. The van der Waals surface area contributed by atoms with E-state index in [1.54, 1.807) is 6.08 Å². The van der Waals surface area contributed by atoms with Gasteiger partial charge in [0, 0.05) is 18.4 Å². The first kappa shape index (κ1) is 19.3. The number of rotatable bonds is 2. The number of hydrogen-bond acceptors (Lipinski definition) is 5. The highest BCUT2D eigenvalue weighted by molar-refractivity contribution is 5.85. The van der Waals surface area contributed by atoms with Crippen LogP contribution in [-0.4, -0.2) is 36.4 Å². The van der Waals surface area contributed by atoms with E-state index in [-0.39, 0.29) is 29.1 Å². The molecular weight excluding hydrogens is 380 g/mol. The van der Waals surface area contributed by atoms with Gasteiger partial charge in [-0.05, 0) is 86.0 Å². The Hall–Kier alpha value is -1.36. The Labute approximate surface area is 178 Å². The SMILES string of the molecule is CC(=O)O[C@H]1CC[C@]2(C)C3CC[C@]4(C)[C@@H](C5=CC(=O)OC5)C[C@H]5O[C@]54C3CC[C@@H]2C1. The quantitative estimate of drug-likeness (QED) is 0.501. The minimum Gasteiger partial charge on any atom is -0.463 e. The summed E-state index contributed by atoms with van der Waals surface area (Å²) in [5.41, 5.74) is 1.67. The van der Waals surface area contributed by atoms with Crippen molar-refractivity contribution in [3.05, 3.63) is 11.6 Å². The molecule has 164 valence electrons. The molecule has 0 radical (unpaired) electrons. The maximum absolute atomic E-state index is 11.7. The molecule has 0 amide bonds. The number of carbonyl (C=O) groups excluding carboxylic acids is 2. The monoisotopic (exact) mass is 414 g/mol. The van der Waals surface area contributed by atoms with Gasteiger partial charge in [0.25, 0.3) is 0 Å². The summed E-state index contributed by atoms with van der Waals surface area (Å²) in [5, 5.41) is 0. The predicted molar refractivity (Wildman–Crippen MR) is 109 cm³/mol. The van der Waals surface area contributed by atoms with Crippen molar-refractivity contribution in [3.63, 3.8) is 0 Å². The molecule has 5 fully saturated rings. The zero-order chi connectivity index (χ0) is 20.9. The van der Waals surface area contributed by atoms with E-state index >= 15 is 0 Å². The smallest absolute Gasteiger partial charge is 0.331 e. The van der Waals surface area contributed by atoms with E-state index in [0.717, 1.165) is 25.7 Å². The van der Waals surface area contributed by atoms with E-state index in [1.165, 1.54) is 38.2 Å². The summed E-state index contributed by atoms with van der Waals surface area (Å²) in [7, 11) is 0. The molecule has 6 rings (SSSR count). The van der Waals surface area contributed by atoms with E-state index < -0.39 is 0 Å². The lowest BCUT2D eigenvalue weighted by Crippen LogP contribution is -2.58. The van der Waals surface area contributed by atoms with Crippen LogP contribution in [0.25, 0.3) is 0 Å². The molecule has 4 saturated carbocycles. The number of fused-ring (bicyclic) bond motifs is 3. The van der Waals surface area contributed by atoms with Crippen molar-refractivity contribution in [2.75, 3.05) is 6.61 Å². The predicted octanol–water partition coefficient (Wildman–Crippen LogP) is 4.19. The van der Waals surface area contributed by atoms with Crippen molar-refractivity contribution >= 4 is 11.9 Å². The van der Waals surface area contributed by atoms with Crippen molar-refractivity contribution < 1.29 is 23.8 Å². The molecule has 5 nitrogen and oxygen atoms in total. The number of epoxide rings is 1. The summed E-state index contributed by atoms with van der Waals surface area (Å²) in [6.45, 7) is 6.97. The number of carbonyl (C=O) groups is 2. The molecule has 0 aromatic carbocycles. The van der Waals surface area contributed by atoms with Gasteiger partial charge in [-0.2, -0.15) is 0 Å². The van der Waals surface area contributed by atoms with Gasteiger partial charge in [-0.1, -0.05) is 13.8 Å². The van der Waals surface area contributed by atoms with Gasteiger partial charge in [0.05, 0.1) is 6.10 Å². The van der Waals surface area contributed by atoms with Gasteiger partial charge < -0.3 is 14.2 Å². The van der Waals surface area contributed by atoms with Crippen LogP contribution in [0.1, 0.15) is 72.1 Å². The zero-order valence-corrected chi connectivity index (χ0v) is 18.4. The van der Waals surface area contributed by atoms with Crippen molar-refractivity contribution in [3.8, 4) is 0 Å². The van der Waals surface area contributed by atoms with E-state index in [1.807, 2.05) is 0 Å². The molecule has 1 saturated heterocycles. The first-order valence-corrected chi connectivity index (χ1v) is 12.0. The van der Waals surface area contributed by atoms with Crippen molar-refractivity contribution in [2.24, 2.45) is 34.5 Å². The van der Waals surface area contributed by atoms with Crippen LogP contribution >= 0.6 is 0 Å². The molecule has 0 aromatic heterocycles. The molecule has 0 aromatic rings. The van der Waals surface area contributed by atoms with E-state index in [0.29, 0.717) is 41.8 Å². The number of hydrogen-bond donors (Lipinski definition) is 0. The average Bonchev–Trinajstić information content (AvgIpc) is 3.14. The minimum atomic E-state index is -0.171. The van der Waals surface area contributed by atoms with Crippen LogP contribution in [0.3, 0.4) is 0 Å². The summed E-state index contributed by atoms with van der Waals surface area (Å²) < 4.78 is 17.5. The number of ether oxygens (including phenoxy) is 3. The first-order valence-electron chi connectivity index (χ1n) is 12.0. The lowest BCUT2D eigenvalue weighted by atomic mass is 9.44. The molecule has 4 aliphatic carbocycles. The molecule has 6 aliphatic rings. The second kappa shape index (κ2) is 6.11. The Morgan fingerprint density at radius 3 is 2.67 bits per heavy atom. The molecule has 1 spiro atoms. The fraction of sp³-hybridized carbons (Fsp3) is 0.840. The second-order valence-corrected chi connectivity index (χ2v) is 11.5. The third-order valence-corrected chi connectivity index (χ3v) is 10.5. The lowest BCUT2D eigenvalue weighted by molar-refractivity contribution is -0.163. The van der Waals surface area contributed by atoms with Crippen LogP contribution in [0.15, 0.2) is 11.6 Å². The van der Waals surface area contributed by atoms with Crippen LogP contribution in [-0.2, 0) is 23.8 Å². The summed E-state index contributed by atoms with van der Waals surface area (Å²) in [5.74, 6) is 2.08. The summed E-state index contributed by atoms with van der Waals surface area (Å²) >= 11 is 0. The maximum Gasteiger partial charge on any atom is 0.331 e. The van der Waals surface area contributed by atoms with Gasteiger partial charge in [-0.25, -0.2) is 4.79 Å². The summed E-state index contributed by atoms with van der Waals surface area (Å²) in [4.78, 5) is 23.2. The normalized spacial score (nSPS) is 53.6. The highest BCUT2D eigenvalue weighted by Crippen LogP contribution is 2.77. The van der Waals surface area contributed by atoms with Crippen LogP contribution in [0.5, 0.6) is 0 Å². The topological polar surface area (TPSA) is 65.1 Å². The largest absolute Gasteiger partial charge is 0.463 e. The molecule has 2 heterocycles. The van der Waals surface area contributed by atoms with Gasteiger partial charge in [0.1, 0.15) is 18.3 Å². The molecule has 9 atom stereocenters. The maximum atomic E-state index is 11.7. The Balaban J connectivity index is 1.27. The molecule has 30 heavy (non-hydrogen) atoms. The highest BCUT2D eigenvalue weighted by atomic mass is 16.6. The number of cyclic esters (lactones) is 1. The third-order valence-electron chi connectivity index (χ3n) is 10.5.